The largest absolute Gasteiger partial charge is 0.441 e. The number of carbonyl (C=O) groups is 1. The lowest BCUT2D eigenvalue weighted by molar-refractivity contribution is -0.137. The number of para-hydroxylation sites is 2. The van der Waals surface area contributed by atoms with Gasteiger partial charge in [-0.05, 0) is 50.2 Å². The summed E-state index contributed by atoms with van der Waals surface area (Å²) in [4.78, 5) is 19.4. The Bertz CT molecular complexity index is 673. The minimum atomic E-state index is 0.336. The number of oxazole rings is 1. The molecule has 4 nitrogen and oxygen atoms in total. The third-order valence-electron chi connectivity index (χ3n) is 5.68. The summed E-state index contributed by atoms with van der Waals surface area (Å²) in [5.74, 6) is 1.84. The molecule has 1 aliphatic heterocycles. The second-order valence-corrected chi connectivity index (χ2v) is 7.27. The number of hydrogen-bond donors (Lipinski definition) is 0. The van der Waals surface area contributed by atoms with Gasteiger partial charge in [0, 0.05) is 25.4 Å². The molecule has 1 aromatic carbocycles. The maximum Gasteiger partial charge on any atom is 0.222 e. The van der Waals surface area contributed by atoms with Gasteiger partial charge in [0.2, 0.25) is 5.91 Å². The summed E-state index contributed by atoms with van der Waals surface area (Å²) in [6.45, 7) is 0.961. The Morgan fingerprint density at radius 2 is 2.00 bits per heavy atom. The summed E-state index contributed by atoms with van der Waals surface area (Å²) in [5.41, 5.74) is 1.74. The number of aryl methyl sites for hydroxylation is 1. The molecule has 2 atom stereocenters. The van der Waals surface area contributed by atoms with Crippen LogP contribution >= 0.6 is 0 Å². The Balaban J connectivity index is 1.32. The van der Waals surface area contributed by atoms with Crippen molar-refractivity contribution in [3.8, 4) is 0 Å². The van der Waals surface area contributed by atoms with E-state index in [1.54, 1.807) is 0 Å². The maximum atomic E-state index is 12.7. The van der Waals surface area contributed by atoms with Crippen molar-refractivity contribution in [2.45, 2.75) is 63.8 Å². The predicted octanol–water partition coefficient (Wildman–Crippen LogP) is 4.33. The van der Waals surface area contributed by atoms with Crippen molar-refractivity contribution >= 4 is 17.0 Å². The third-order valence-corrected chi connectivity index (χ3v) is 5.68. The standard InChI is InChI=1S/C20H26N2O2/c23-20(22-14-6-8-15-7-1-3-10-17(15)22)13-5-12-19-21-16-9-2-4-11-18(16)24-19/h2,4,9,11,15,17H,1,3,5-8,10,12-14H2/t15-,17-/m1/s1. The Labute approximate surface area is 143 Å². The van der Waals surface area contributed by atoms with Crippen LogP contribution in [0.2, 0.25) is 0 Å². The minimum Gasteiger partial charge on any atom is -0.441 e. The highest BCUT2D eigenvalue weighted by Crippen LogP contribution is 2.35. The van der Waals surface area contributed by atoms with Crippen molar-refractivity contribution < 1.29 is 9.21 Å². The van der Waals surface area contributed by atoms with Crippen LogP contribution in [0.1, 0.15) is 57.3 Å². The Kier molecular flexibility index (Phi) is 4.54. The Hall–Kier alpha value is -1.84. The average Bonchev–Trinajstić information content (AvgIpc) is 3.04. The highest BCUT2D eigenvalue weighted by Gasteiger charge is 2.35. The Morgan fingerprint density at radius 3 is 2.92 bits per heavy atom. The molecule has 1 amide bonds. The number of aromatic nitrogens is 1. The van der Waals surface area contributed by atoms with Crippen LogP contribution in [0.15, 0.2) is 28.7 Å². The SMILES string of the molecule is O=C(CCCc1nc2ccccc2o1)N1CCC[C@H]2CCCC[C@H]21. The number of benzene rings is 1. The molecule has 1 aliphatic carbocycles. The highest BCUT2D eigenvalue weighted by atomic mass is 16.3. The smallest absolute Gasteiger partial charge is 0.222 e. The number of piperidine rings is 1. The molecule has 4 rings (SSSR count). The van der Waals surface area contributed by atoms with Gasteiger partial charge < -0.3 is 9.32 Å². The van der Waals surface area contributed by atoms with E-state index in [1.165, 1.54) is 38.5 Å². The second kappa shape index (κ2) is 6.96. The summed E-state index contributed by atoms with van der Waals surface area (Å²) in [6.07, 6.45) is 9.83. The van der Waals surface area contributed by atoms with Gasteiger partial charge in [0.05, 0.1) is 0 Å². The molecule has 2 aliphatic rings. The van der Waals surface area contributed by atoms with E-state index >= 15 is 0 Å². The van der Waals surface area contributed by atoms with Gasteiger partial charge in [0.1, 0.15) is 5.52 Å². The van der Waals surface area contributed by atoms with E-state index in [-0.39, 0.29) is 0 Å². The first-order valence-corrected chi connectivity index (χ1v) is 9.45. The lowest BCUT2D eigenvalue weighted by Gasteiger charge is -2.44. The zero-order valence-electron chi connectivity index (χ0n) is 14.2. The minimum absolute atomic E-state index is 0.336. The van der Waals surface area contributed by atoms with Gasteiger partial charge in [-0.3, -0.25) is 4.79 Å². The molecule has 24 heavy (non-hydrogen) atoms. The first kappa shape index (κ1) is 15.7. The number of amides is 1. The molecule has 0 bridgehead atoms. The monoisotopic (exact) mass is 326 g/mol. The van der Waals surface area contributed by atoms with Crippen LogP contribution in [-0.4, -0.2) is 28.4 Å². The van der Waals surface area contributed by atoms with E-state index in [0.717, 1.165) is 42.3 Å². The van der Waals surface area contributed by atoms with Gasteiger partial charge >= 0.3 is 0 Å². The van der Waals surface area contributed by atoms with Crippen molar-refractivity contribution in [3.63, 3.8) is 0 Å². The number of nitrogens with zero attached hydrogens (tertiary/aromatic N) is 2. The number of rotatable bonds is 4. The maximum absolute atomic E-state index is 12.7. The molecule has 0 unspecified atom stereocenters. The molecule has 0 radical (unpaired) electrons. The lowest BCUT2D eigenvalue weighted by atomic mass is 9.78. The highest BCUT2D eigenvalue weighted by molar-refractivity contribution is 5.76. The molecule has 2 aromatic rings. The van der Waals surface area contributed by atoms with Gasteiger partial charge in [-0.1, -0.05) is 25.0 Å². The summed E-state index contributed by atoms with van der Waals surface area (Å²) < 4.78 is 5.75. The third kappa shape index (κ3) is 3.19. The van der Waals surface area contributed by atoms with Crippen LogP contribution < -0.4 is 0 Å². The average molecular weight is 326 g/mol. The second-order valence-electron chi connectivity index (χ2n) is 7.27. The molecule has 0 spiro atoms. The molecular formula is C20H26N2O2. The number of hydrogen-bond acceptors (Lipinski definition) is 3. The molecule has 1 saturated heterocycles. The van der Waals surface area contributed by atoms with Crippen molar-refractivity contribution in [2.24, 2.45) is 5.92 Å². The van der Waals surface area contributed by atoms with E-state index in [1.807, 2.05) is 24.3 Å². The van der Waals surface area contributed by atoms with Crippen molar-refractivity contribution in [1.82, 2.24) is 9.88 Å². The van der Waals surface area contributed by atoms with Crippen molar-refractivity contribution in [1.29, 1.82) is 0 Å². The van der Waals surface area contributed by atoms with Crippen molar-refractivity contribution in [3.05, 3.63) is 30.2 Å². The van der Waals surface area contributed by atoms with Gasteiger partial charge in [0.15, 0.2) is 11.5 Å². The van der Waals surface area contributed by atoms with Crippen LogP contribution in [-0.2, 0) is 11.2 Å². The first-order valence-electron chi connectivity index (χ1n) is 9.45. The van der Waals surface area contributed by atoms with Gasteiger partial charge in [-0.15, -0.1) is 0 Å². The fourth-order valence-corrected chi connectivity index (χ4v) is 4.50. The molecule has 0 N–H and O–H groups in total. The van der Waals surface area contributed by atoms with Crippen LogP contribution in [0, 0.1) is 5.92 Å². The molecule has 4 heteroatoms. The number of likely N-dealkylation sites (tertiary alicyclic amines) is 1. The normalized spacial score (nSPS) is 24.1. The van der Waals surface area contributed by atoms with Gasteiger partial charge in [-0.2, -0.15) is 0 Å². The van der Waals surface area contributed by atoms with E-state index in [0.29, 0.717) is 18.4 Å². The summed E-state index contributed by atoms with van der Waals surface area (Å²) >= 11 is 0. The quantitative estimate of drug-likeness (QED) is 0.840. The fraction of sp³-hybridized carbons (Fsp3) is 0.600. The molecule has 2 heterocycles. The summed E-state index contributed by atoms with van der Waals surface area (Å²) in [5, 5.41) is 0. The molecule has 128 valence electrons. The van der Waals surface area contributed by atoms with Crippen LogP contribution in [0.5, 0.6) is 0 Å². The van der Waals surface area contributed by atoms with Crippen LogP contribution in [0.3, 0.4) is 0 Å². The van der Waals surface area contributed by atoms with Crippen LogP contribution in [0.25, 0.3) is 11.1 Å². The molecular weight excluding hydrogens is 300 g/mol. The topological polar surface area (TPSA) is 46.3 Å². The Morgan fingerprint density at radius 1 is 1.17 bits per heavy atom. The number of carbonyl (C=O) groups excluding carboxylic acids is 1. The van der Waals surface area contributed by atoms with E-state index in [9.17, 15) is 4.79 Å². The fourth-order valence-electron chi connectivity index (χ4n) is 4.50. The van der Waals surface area contributed by atoms with Gasteiger partial charge in [-0.25, -0.2) is 4.98 Å². The van der Waals surface area contributed by atoms with E-state index in [4.69, 9.17) is 4.42 Å². The summed E-state index contributed by atoms with van der Waals surface area (Å²) in [7, 11) is 0. The molecule has 1 aromatic heterocycles. The zero-order chi connectivity index (χ0) is 16.4. The van der Waals surface area contributed by atoms with Crippen LogP contribution in [0.4, 0.5) is 0 Å². The first-order chi connectivity index (χ1) is 11.8. The van der Waals surface area contributed by atoms with Crippen molar-refractivity contribution in [2.75, 3.05) is 6.54 Å². The number of fused-ring (bicyclic) bond motifs is 2. The molecule has 1 saturated carbocycles. The zero-order valence-corrected chi connectivity index (χ0v) is 14.2. The molecule has 2 fully saturated rings. The van der Waals surface area contributed by atoms with E-state index < -0.39 is 0 Å². The predicted molar refractivity (Wildman–Crippen MR) is 93.6 cm³/mol. The van der Waals surface area contributed by atoms with Gasteiger partial charge in [0.25, 0.3) is 0 Å². The summed E-state index contributed by atoms with van der Waals surface area (Å²) in [6, 6.07) is 8.34. The lowest BCUT2D eigenvalue weighted by Crippen LogP contribution is -2.49. The van der Waals surface area contributed by atoms with E-state index in [2.05, 4.69) is 9.88 Å².